The van der Waals surface area contributed by atoms with Crippen LogP contribution in [0.5, 0.6) is 0 Å². The number of ether oxygens (including phenoxy) is 2. The van der Waals surface area contributed by atoms with Crippen LogP contribution in [0.2, 0.25) is 0 Å². The fourth-order valence-corrected chi connectivity index (χ4v) is 7.48. The lowest BCUT2D eigenvalue weighted by molar-refractivity contribution is -0.0762. The first-order valence-electron chi connectivity index (χ1n) is 7.24. The molecule has 0 aromatic heterocycles. The Kier molecular flexibility index (Phi) is 0.836. The van der Waals surface area contributed by atoms with Gasteiger partial charge in [-0.25, -0.2) is 0 Å². The summed E-state index contributed by atoms with van der Waals surface area (Å²) in [5.74, 6) is 8.27. The highest BCUT2D eigenvalue weighted by Crippen LogP contribution is 2.80. The summed E-state index contributed by atoms with van der Waals surface area (Å²) in [6.07, 6.45) is 5.97. The van der Waals surface area contributed by atoms with Gasteiger partial charge in [0.1, 0.15) is 0 Å². The van der Waals surface area contributed by atoms with Crippen molar-refractivity contribution in [2.24, 2.45) is 47.3 Å². The molecule has 0 N–H and O–H groups in total. The summed E-state index contributed by atoms with van der Waals surface area (Å²) in [5, 5.41) is 0. The second-order valence-corrected chi connectivity index (χ2v) is 7.57. The Balaban J connectivity index is 1.40. The van der Waals surface area contributed by atoms with Crippen molar-refractivity contribution in [1.82, 2.24) is 0 Å². The molecule has 2 heteroatoms. The van der Waals surface area contributed by atoms with E-state index in [4.69, 9.17) is 9.47 Å². The van der Waals surface area contributed by atoms with Crippen LogP contribution < -0.4 is 0 Å². The number of epoxide rings is 2. The average Bonchev–Trinajstić information content (AvgIpc) is 3.12. The molecule has 0 spiro atoms. The van der Waals surface area contributed by atoms with Gasteiger partial charge in [-0.1, -0.05) is 0 Å². The zero-order valence-corrected chi connectivity index (χ0v) is 9.16. The highest BCUT2D eigenvalue weighted by molar-refractivity contribution is 5.29. The summed E-state index contributed by atoms with van der Waals surface area (Å²) < 4.78 is 11.8. The van der Waals surface area contributed by atoms with E-state index in [0.29, 0.717) is 0 Å². The van der Waals surface area contributed by atoms with Gasteiger partial charge in [-0.3, -0.25) is 0 Å². The molecule has 0 radical (unpaired) electrons. The van der Waals surface area contributed by atoms with Gasteiger partial charge in [0.25, 0.3) is 0 Å². The van der Waals surface area contributed by atoms with Gasteiger partial charge in [-0.2, -0.15) is 0 Å². The first-order valence-corrected chi connectivity index (χ1v) is 7.24. The minimum absolute atomic E-state index is 0.724. The van der Waals surface area contributed by atoms with E-state index in [1.807, 2.05) is 0 Å². The molecule has 2 aliphatic heterocycles. The van der Waals surface area contributed by atoms with E-state index in [9.17, 15) is 0 Å². The van der Waals surface area contributed by atoms with Gasteiger partial charge >= 0.3 is 0 Å². The van der Waals surface area contributed by atoms with Crippen LogP contribution in [0.1, 0.15) is 12.8 Å². The minimum atomic E-state index is 0.724. The van der Waals surface area contributed by atoms with Crippen LogP contribution in [-0.4, -0.2) is 24.4 Å². The van der Waals surface area contributed by atoms with Crippen molar-refractivity contribution in [2.75, 3.05) is 0 Å². The van der Waals surface area contributed by atoms with Gasteiger partial charge in [-0.05, 0) is 60.2 Å². The molecule has 84 valence electrons. The monoisotopic (exact) mass is 216 g/mol. The molecule has 5 aliphatic carbocycles. The SMILES string of the molecule is C1[C@H]2C3C(C4C3[C@@H]3C[C@@H]4[C@H]4O[C@@H]43)[C@H]1[C@H]1O[C@@H]12. The third-order valence-electron chi connectivity index (χ3n) is 7.65. The maximum Gasteiger partial charge on any atom is 0.0875 e. The van der Waals surface area contributed by atoms with Crippen molar-refractivity contribution in [3.05, 3.63) is 0 Å². The zero-order valence-electron chi connectivity index (χ0n) is 9.16. The van der Waals surface area contributed by atoms with Crippen LogP contribution in [0.3, 0.4) is 0 Å². The lowest BCUT2D eigenvalue weighted by Crippen LogP contribution is -2.55. The van der Waals surface area contributed by atoms with E-state index in [0.717, 1.165) is 71.8 Å². The van der Waals surface area contributed by atoms with E-state index in [1.54, 1.807) is 0 Å². The first-order chi connectivity index (χ1) is 7.93. The van der Waals surface area contributed by atoms with Crippen LogP contribution in [0.25, 0.3) is 0 Å². The predicted molar refractivity (Wildman–Crippen MR) is 54.5 cm³/mol. The molecule has 2 nitrogen and oxygen atoms in total. The molecule has 0 aromatic carbocycles. The van der Waals surface area contributed by atoms with Gasteiger partial charge < -0.3 is 9.47 Å². The molecular weight excluding hydrogens is 200 g/mol. The largest absolute Gasteiger partial charge is 0.369 e. The number of hydrogen-bond donors (Lipinski definition) is 0. The van der Waals surface area contributed by atoms with E-state index in [1.165, 1.54) is 12.8 Å². The lowest BCUT2D eigenvalue weighted by atomic mass is 9.48. The van der Waals surface area contributed by atoms with Crippen molar-refractivity contribution >= 4 is 0 Å². The summed E-state index contributed by atoms with van der Waals surface area (Å²) in [6.45, 7) is 0. The Morgan fingerprint density at radius 1 is 0.500 bits per heavy atom. The van der Waals surface area contributed by atoms with Crippen LogP contribution in [0, 0.1) is 47.3 Å². The highest BCUT2D eigenvalue weighted by atomic mass is 16.6. The third-order valence-corrected chi connectivity index (χ3v) is 7.65. The second-order valence-electron chi connectivity index (χ2n) is 7.57. The molecule has 2 saturated heterocycles. The molecule has 4 bridgehead atoms. The van der Waals surface area contributed by atoms with E-state index < -0.39 is 0 Å². The van der Waals surface area contributed by atoms with Crippen LogP contribution >= 0.6 is 0 Å². The average molecular weight is 216 g/mol. The third kappa shape index (κ3) is 0.504. The van der Waals surface area contributed by atoms with E-state index >= 15 is 0 Å². The minimum Gasteiger partial charge on any atom is -0.369 e. The van der Waals surface area contributed by atoms with Gasteiger partial charge in [0.2, 0.25) is 0 Å². The van der Waals surface area contributed by atoms with Crippen molar-refractivity contribution in [1.29, 1.82) is 0 Å². The maximum absolute atomic E-state index is 5.88. The molecule has 7 fully saturated rings. The summed E-state index contributed by atoms with van der Waals surface area (Å²) in [4.78, 5) is 0. The quantitative estimate of drug-likeness (QED) is 0.450. The molecule has 16 heavy (non-hydrogen) atoms. The van der Waals surface area contributed by atoms with Crippen LogP contribution in [0.4, 0.5) is 0 Å². The zero-order chi connectivity index (χ0) is 9.76. The molecule has 8 atom stereocenters. The molecule has 0 aromatic rings. The Labute approximate surface area is 94.7 Å². The molecule has 0 amide bonds. The summed E-state index contributed by atoms with van der Waals surface area (Å²) in [5.41, 5.74) is 0. The fraction of sp³-hybridized carbons (Fsp3) is 1.00. The summed E-state index contributed by atoms with van der Waals surface area (Å²) in [6, 6.07) is 0. The van der Waals surface area contributed by atoms with Crippen molar-refractivity contribution in [3.63, 3.8) is 0 Å². The van der Waals surface area contributed by atoms with Crippen molar-refractivity contribution < 1.29 is 9.47 Å². The summed E-state index contributed by atoms with van der Waals surface area (Å²) in [7, 11) is 0. The predicted octanol–water partition coefficient (Wildman–Crippen LogP) is 1.30. The first kappa shape index (κ1) is 7.38. The molecule has 0 unspecified atom stereocenters. The van der Waals surface area contributed by atoms with E-state index in [2.05, 4.69) is 0 Å². The van der Waals surface area contributed by atoms with Crippen LogP contribution in [-0.2, 0) is 9.47 Å². The molecule has 7 rings (SSSR count). The summed E-state index contributed by atoms with van der Waals surface area (Å²) >= 11 is 0. The second kappa shape index (κ2) is 1.81. The topological polar surface area (TPSA) is 25.1 Å². The Bertz CT molecular complexity index is 350. The maximum atomic E-state index is 5.88. The number of hydrogen-bond acceptors (Lipinski definition) is 2. The standard InChI is InChI=1S/C14H16O2/c1-3-7-8(4(1)12-11(3)15-12)10-6-2-5(9(7)10)13-14(6)16-13/h3-14H,1-2H2/t3-,4-,5-,6-,7?,8?,9?,10?,11+,12+,13+,14+/m0/s1. The Morgan fingerprint density at radius 2 is 0.812 bits per heavy atom. The van der Waals surface area contributed by atoms with Gasteiger partial charge in [0, 0.05) is 0 Å². The van der Waals surface area contributed by atoms with E-state index in [-0.39, 0.29) is 0 Å². The highest BCUT2D eigenvalue weighted by Gasteiger charge is 2.82. The number of rotatable bonds is 0. The Morgan fingerprint density at radius 3 is 1.12 bits per heavy atom. The molecule has 2 heterocycles. The Hall–Kier alpha value is -0.0800. The van der Waals surface area contributed by atoms with Gasteiger partial charge in [-0.15, -0.1) is 0 Å². The molecule has 5 saturated carbocycles. The number of fused-ring (bicyclic) bond motifs is 18. The smallest absolute Gasteiger partial charge is 0.0875 e. The normalized spacial score (nSPS) is 87.0. The molecule has 7 aliphatic rings. The van der Waals surface area contributed by atoms with Gasteiger partial charge in [0.15, 0.2) is 0 Å². The molecular formula is C14H16O2. The van der Waals surface area contributed by atoms with Crippen molar-refractivity contribution in [3.8, 4) is 0 Å². The lowest BCUT2D eigenvalue weighted by Gasteiger charge is -2.55. The fourth-order valence-electron chi connectivity index (χ4n) is 7.48. The van der Waals surface area contributed by atoms with Crippen LogP contribution in [0.15, 0.2) is 0 Å². The van der Waals surface area contributed by atoms with Crippen molar-refractivity contribution in [2.45, 2.75) is 37.3 Å². The van der Waals surface area contributed by atoms with Gasteiger partial charge in [0.05, 0.1) is 24.4 Å².